The van der Waals surface area contributed by atoms with Crippen molar-refractivity contribution in [1.82, 2.24) is 15.2 Å². The monoisotopic (exact) mass is 367 g/mol. The third-order valence-electron chi connectivity index (χ3n) is 4.58. The molecule has 1 N–H and O–H groups in total. The van der Waals surface area contributed by atoms with E-state index >= 15 is 0 Å². The maximum absolute atomic E-state index is 13.0. The molecule has 0 aliphatic carbocycles. The highest BCUT2D eigenvalue weighted by molar-refractivity contribution is 7.07. The van der Waals surface area contributed by atoms with Crippen LogP contribution in [0.4, 0.5) is 0 Å². The molecule has 0 bridgehead atoms. The first-order chi connectivity index (χ1) is 12.5. The minimum Gasteiger partial charge on any atom is -0.350 e. The Labute approximate surface area is 158 Å². The van der Waals surface area contributed by atoms with Gasteiger partial charge in [-0.2, -0.15) is 11.3 Å². The molecule has 26 heavy (non-hydrogen) atoms. The lowest BCUT2D eigenvalue weighted by Crippen LogP contribution is -2.34. The summed E-state index contributed by atoms with van der Waals surface area (Å²) in [5, 5.41) is 8.22. The van der Waals surface area contributed by atoms with Crippen molar-refractivity contribution in [2.45, 2.75) is 25.8 Å². The van der Waals surface area contributed by atoms with Gasteiger partial charge in [0.2, 0.25) is 0 Å². The van der Waals surface area contributed by atoms with Crippen LogP contribution >= 0.6 is 11.3 Å². The summed E-state index contributed by atoms with van der Waals surface area (Å²) < 4.78 is 0. The minimum atomic E-state index is -0.0485. The fourth-order valence-corrected chi connectivity index (χ4v) is 3.73. The summed E-state index contributed by atoms with van der Waals surface area (Å²) in [7, 11) is 4.07. The Balaban J connectivity index is 1.87. The number of nitrogens with zero attached hydrogens (tertiary/aromatic N) is 2. The molecule has 0 fully saturated rings. The SMILES string of the molecule is CC(C)c1cc(C(=O)NCC(c2ccsc2)N(C)C)c2ccccc2n1. The zero-order valence-corrected chi connectivity index (χ0v) is 16.5. The largest absolute Gasteiger partial charge is 0.350 e. The summed E-state index contributed by atoms with van der Waals surface area (Å²) in [5.74, 6) is 0.221. The van der Waals surface area contributed by atoms with Crippen molar-refractivity contribution in [1.29, 1.82) is 0 Å². The molecule has 4 nitrogen and oxygen atoms in total. The van der Waals surface area contributed by atoms with Crippen LogP contribution in [0.1, 0.15) is 47.4 Å². The van der Waals surface area contributed by atoms with E-state index in [1.54, 1.807) is 11.3 Å². The van der Waals surface area contributed by atoms with Crippen LogP contribution < -0.4 is 5.32 Å². The first-order valence-electron chi connectivity index (χ1n) is 8.83. The van der Waals surface area contributed by atoms with Crippen LogP contribution in [0.15, 0.2) is 47.2 Å². The predicted molar refractivity (Wildman–Crippen MR) is 109 cm³/mol. The zero-order valence-electron chi connectivity index (χ0n) is 15.7. The Kier molecular flexibility index (Phi) is 5.69. The summed E-state index contributed by atoms with van der Waals surface area (Å²) in [5.41, 5.74) is 3.73. The van der Waals surface area contributed by atoms with Crippen LogP contribution in [0.25, 0.3) is 10.9 Å². The molecule has 0 aliphatic rings. The lowest BCUT2D eigenvalue weighted by atomic mass is 10.0. The Hall–Kier alpha value is -2.24. The predicted octanol–water partition coefficient (Wildman–Crippen LogP) is 4.45. The average Bonchev–Trinajstić information content (AvgIpc) is 3.14. The molecular formula is C21H25N3OS. The van der Waals surface area contributed by atoms with Gasteiger partial charge in [0.1, 0.15) is 0 Å². The van der Waals surface area contributed by atoms with E-state index in [0.717, 1.165) is 16.6 Å². The molecule has 0 aliphatic heterocycles. The van der Waals surface area contributed by atoms with Gasteiger partial charge in [-0.05, 0) is 54.5 Å². The van der Waals surface area contributed by atoms with E-state index in [0.29, 0.717) is 12.1 Å². The van der Waals surface area contributed by atoms with Gasteiger partial charge in [-0.3, -0.25) is 9.78 Å². The number of amides is 1. The van der Waals surface area contributed by atoms with Crippen LogP contribution in [0, 0.1) is 0 Å². The first-order valence-corrected chi connectivity index (χ1v) is 9.78. The lowest BCUT2D eigenvalue weighted by Gasteiger charge is -2.24. The van der Waals surface area contributed by atoms with Crippen molar-refractivity contribution >= 4 is 28.1 Å². The Morgan fingerprint density at radius 3 is 2.65 bits per heavy atom. The molecule has 1 aromatic carbocycles. The summed E-state index contributed by atoms with van der Waals surface area (Å²) >= 11 is 1.68. The summed E-state index contributed by atoms with van der Waals surface area (Å²) in [6.45, 7) is 4.76. The molecular weight excluding hydrogens is 342 g/mol. The highest BCUT2D eigenvalue weighted by Gasteiger charge is 2.18. The number of hydrogen-bond donors (Lipinski definition) is 1. The van der Waals surface area contributed by atoms with Gasteiger partial charge < -0.3 is 10.2 Å². The lowest BCUT2D eigenvalue weighted by molar-refractivity contribution is 0.0943. The molecule has 2 heterocycles. The van der Waals surface area contributed by atoms with Crippen LogP contribution in [0.5, 0.6) is 0 Å². The Morgan fingerprint density at radius 1 is 1.23 bits per heavy atom. The number of rotatable bonds is 6. The van der Waals surface area contributed by atoms with E-state index in [1.807, 2.05) is 44.4 Å². The smallest absolute Gasteiger partial charge is 0.252 e. The van der Waals surface area contributed by atoms with Gasteiger partial charge in [-0.1, -0.05) is 32.0 Å². The quantitative estimate of drug-likeness (QED) is 0.700. The number of likely N-dealkylation sites (N-methyl/N-ethyl adjacent to an activating group) is 1. The summed E-state index contributed by atoms with van der Waals surface area (Å²) in [6.07, 6.45) is 0. The number of thiophene rings is 1. The first kappa shape index (κ1) is 18.5. The molecule has 1 unspecified atom stereocenters. The fraction of sp³-hybridized carbons (Fsp3) is 0.333. The van der Waals surface area contributed by atoms with E-state index in [9.17, 15) is 4.79 Å². The number of pyridine rings is 1. The number of nitrogens with one attached hydrogen (secondary N) is 1. The number of fused-ring (bicyclic) bond motifs is 1. The van der Waals surface area contributed by atoms with E-state index in [-0.39, 0.29) is 17.9 Å². The van der Waals surface area contributed by atoms with Gasteiger partial charge in [0.25, 0.3) is 5.91 Å². The fourth-order valence-electron chi connectivity index (χ4n) is 3.03. The molecule has 0 radical (unpaired) electrons. The number of benzene rings is 1. The second-order valence-corrected chi connectivity index (χ2v) is 7.79. The third kappa shape index (κ3) is 3.94. The second-order valence-electron chi connectivity index (χ2n) is 7.01. The maximum atomic E-state index is 13.0. The maximum Gasteiger partial charge on any atom is 0.252 e. The number of carbonyl (C=O) groups is 1. The van der Waals surface area contributed by atoms with Gasteiger partial charge in [-0.15, -0.1) is 0 Å². The van der Waals surface area contributed by atoms with E-state index < -0.39 is 0 Å². The van der Waals surface area contributed by atoms with Crippen molar-refractivity contribution in [2.24, 2.45) is 0 Å². The normalized spacial score (nSPS) is 12.7. The topological polar surface area (TPSA) is 45.2 Å². The number of hydrogen-bond acceptors (Lipinski definition) is 4. The molecule has 136 valence electrons. The average molecular weight is 368 g/mol. The van der Waals surface area contributed by atoms with Crippen molar-refractivity contribution in [3.05, 3.63) is 64.0 Å². The molecule has 3 aromatic rings. The van der Waals surface area contributed by atoms with Gasteiger partial charge >= 0.3 is 0 Å². The molecule has 0 spiro atoms. The summed E-state index contributed by atoms with van der Waals surface area (Å²) in [6, 6.07) is 12.0. The zero-order chi connectivity index (χ0) is 18.7. The van der Waals surface area contributed by atoms with E-state index in [2.05, 4.69) is 40.9 Å². The van der Waals surface area contributed by atoms with Crippen molar-refractivity contribution < 1.29 is 4.79 Å². The van der Waals surface area contributed by atoms with Crippen molar-refractivity contribution in [2.75, 3.05) is 20.6 Å². The second kappa shape index (κ2) is 7.98. The van der Waals surface area contributed by atoms with Crippen molar-refractivity contribution in [3.8, 4) is 0 Å². The van der Waals surface area contributed by atoms with Crippen molar-refractivity contribution in [3.63, 3.8) is 0 Å². The van der Waals surface area contributed by atoms with Gasteiger partial charge in [0.05, 0.1) is 17.1 Å². The van der Waals surface area contributed by atoms with Gasteiger partial charge in [0, 0.05) is 17.6 Å². The number of para-hydroxylation sites is 1. The summed E-state index contributed by atoms with van der Waals surface area (Å²) in [4.78, 5) is 19.8. The molecule has 0 saturated heterocycles. The molecule has 2 aromatic heterocycles. The Morgan fingerprint density at radius 2 is 2.00 bits per heavy atom. The minimum absolute atomic E-state index is 0.0485. The molecule has 1 atom stereocenters. The van der Waals surface area contributed by atoms with Crippen LogP contribution in [-0.4, -0.2) is 36.4 Å². The number of aromatic nitrogens is 1. The highest BCUT2D eigenvalue weighted by atomic mass is 32.1. The molecule has 0 saturated carbocycles. The number of carbonyl (C=O) groups excluding carboxylic acids is 1. The van der Waals surface area contributed by atoms with E-state index in [4.69, 9.17) is 4.98 Å². The van der Waals surface area contributed by atoms with Crippen LogP contribution in [-0.2, 0) is 0 Å². The van der Waals surface area contributed by atoms with Gasteiger partial charge in [0.15, 0.2) is 0 Å². The van der Waals surface area contributed by atoms with Crippen LogP contribution in [0.2, 0.25) is 0 Å². The molecule has 3 rings (SSSR count). The third-order valence-corrected chi connectivity index (χ3v) is 5.28. The Bertz CT molecular complexity index is 887. The van der Waals surface area contributed by atoms with Gasteiger partial charge in [-0.25, -0.2) is 0 Å². The molecule has 5 heteroatoms. The highest BCUT2D eigenvalue weighted by Crippen LogP contribution is 2.23. The van der Waals surface area contributed by atoms with Crippen LogP contribution in [0.3, 0.4) is 0 Å². The standard InChI is InChI=1S/C21H25N3OS/c1-14(2)19-11-17(16-7-5-6-8-18(16)23-19)21(25)22-12-20(24(3)4)15-9-10-26-13-15/h5-11,13-14,20H,12H2,1-4H3,(H,22,25). The van der Waals surface area contributed by atoms with E-state index in [1.165, 1.54) is 5.56 Å². The molecule has 1 amide bonds.